The number of hydrogen-bond donors (Lipinski definition) is 0. The first kappa shape index (κ1) is 20.2. The Labute approximate surface area is 155 Å². The summed E-state index contributed by atoms with van der Waals surface area (Å²) in [5.41, 5.74) is 1.42. The van der Waals surface area contributed by atoms with Crippen molar-refractivity contribution in [2.75, 3.05) is 43.3 Å². The molecule has 0 bridgehead atoms. The molecular weight excluding hydrogens is 354 g/mol. The molecule has 0 spiro atoms. The third-order valence-corrected chi connectivity index (χ3v) is 5.71. The van der Waals surface area contributed by atoms with E-state index in [0.717, 1.165) is 11.8 Å². The van der Waals surface area contributed by atoms with Gasteiger partial charge in [-0.2, -0.15) is 0 Å². The van der Waals surface area contributed by atoms with E-state index in [2.05, 4.69) is 0 Å². The third kappa shape index (κ3) is 4.75. The van der Waals surface area contributed by atoms with Gasteiger partial charge in [-0.05, 0) is 17.5 Å². The maximum atomic E-state index is 12.7. The van der Waals surface area contributed by atoms with E-state index in [1.54, 1.807) is 21.9 Å². The van der Waals surface area contributed by atoms with Crippen LogP contribution in [-0.4, -0.2) is 69.0 Å². The Morgan fingerprint density at radius 3 is 2.12 bits per heavy atom. The number of amides is 2. The van der Waals surface area contributed by atoms with Gasteiger partial charge in [-0.1, -0.05) is 32.0 Å². The number of hydrogen-bond acceptors (Lipinski definition) is 4. The van der Waals surface area contributed by atoms with Crippen LogP contribution in [-0.2, 0) is 19.6 Å². The van der Waals surface area contributed by atoms with Gasteiger partial charge in [-0.15, -0.1) is 0 Å². The van der Waals surface area contributed by atoms with Crippen LogP contribution < -0.4 is 4.31 Å². The van der Waals surface area contributed by atoms with Crippen molar-refractivity contribution >= 4 is 27.5 Å². The average Bonchev–Trinajstić information content (AvgIpc) is 2.58. The minimum Gasteiger partial charge on any atom is -0.339 e. The first-order valence-corrected chi connectivity index (χ1v) is 10.6. The van der Waals surface area contributed by atoms with Gasteiger partial charge in [0.2, 0.25) is 21.8 Å². The van der Waals surface area contributed by atoms with E-state index >= 15 is 0 Å². The molecule has 0 aromatic heterocycles. The fraction of sp³-hybridized carbons (Fsp3) is 0.556. The predicted molar refractivity (Wildman–Crippen MR) is 102 cm³/mol. The van der Waals surface area contributed by atoms with Crippen molar-refractivity contribution in [1.29, 1.82) is 0 Å². The van der Waals surface area contributed by atoms with Crippen LogP contribution in [0.2, 0.25) is 0 Å². The van der Waals surface area contributed by atoms with E-state index in [1.807, 2.05) is 26.0 Å². The summed E-state index contributed by atoms with van der Waals surface area (Å²) in [4.78, 5) is 27.4. The molecule has 0 unspecified atom stereocenters. The van der Waals surface area contributed by atoms with Gasteiger partial charge in [0.05, 0.1) is 11.9 Å². The van der Waals surface area contributed by atoms with Gasteiger partial charge in [0.25, 0.3) is 0 Å². The highest BCUT2D eigenvalue weighted by Crippen LogP contribution is 2.29. The summed E-state index contributed by atoms with van der Waals surface area (Å²) in [5, 5.41) is 0. The number of carbonyl (C=O) groups excluding carboxylic acids is 2. The minimum absolute atomic E-state index is 0.0132. The number of nitrogens with zero attached hydrogens (tertiary/aromatic N) is 3. The molecule has 0 saturated carbocycles. The van der Waals surface area contributed by atoms with Crippen LogP contribution in [0, 0.1) is 0 Å². The number of rotatable bonds is 5. The van der Waals surface area contributed by atoms with E-state index in [0.29, 0.717) is 31.9 Å². The Bertz CT molecular complexity index is 768. The van der Waals surface area contributed by atoms with E-state index in [1.165, 1.54) is 11.2 Å². The lowest BCUT2D eigenvalue weighted by Crippen LogP contribution is -2.52. The lowest BCUT2D eigenvalue weighted by atomic mass is 10.0. The van der Waals surface area contributed by atoms with Gasteiger partial charge in [0, 0.05) is 33.1 Å². The molecule has 0 N–H and O–H groups in total. The smallest absolute Gasteiger partial charge is 0.243 e. The molecule has 0 radical (unpaired) electrons. The summed E-state index contributed by atoms with van der Waals surface area (Å²) < 4.78 is 25.9. The second kappa shape index (κ2) is 8.07. The molecule has 2 amide bonds. The van der Waals surface area contributed by atoms with Crippen molar-refractivity contribution in [1.82, 2.24) is 9.80 Å². The highest BCUT2D eigenvalue weighted by atomic mass is 32.2. The van der Waals surface area contributed by atoms with Crippen molar-refractivity contribution in [3.05, 3.63) is 29.8 Å². The molecule has 1 aromatic rings. The molecule has 2 rings (SSSR count). The van der Waals surface area contributed by atoms with Crippen LogP contribution in [0.3, 0.4) is 0 Å². The monoisotopic (exact) mass is 381 g/mol. The van der Waals surface area contributed by atoms with E-state index in [4.69, 9.17) is 0 Å². The van der Waals surface area contributed by atoms with Gasteiger partial charge in [0.1, 0.15) is 6.54 Å². The zero-order valence-corrected chi connectivity index (χ0v) is 16.6. The molecule has 1 fully saturated rings. The highest BCUT2D eigenvalue weighted by molar-refractivity contribution is 7.92. The van der Waals surface area contributed by atoms with Crippen LogP contribution in [0.25, 0.3) is 0 Å². The summed E-state index contributed by atoms with van der Waals surface area (Å²) in [6.07, 6.45) is 1.12. The standard InChI is InChI=1S/C18H27N3O4S/c1-14(2)16-7-5-6-8-17(16)21(26(4,24)25)13-18(23)20-11-9-19(10-12-20)15(3)22/h5-8,14H,9-13H2,1-4H3. The van der Waals surface area contributed by atoms with Crippen LogP contribution in [0.15, 0.2) is 24.3 Å². The molecule has 1 aromatic carbocycles. The second-order valence-corrected chi connectivity index (χ2v) is 8.78. The summed E-state index contributed by atoms with van der Waals surface area (Å²) in [5.74, 6) is -0.137. The Morgan fingerprint density at radius 1 is 1.08 bits per heavy atom. The molecule has 1 heterocycles. The number of sulfonamides is 1. The third-order valence-electron chi connectivity index (χ3n) is 4.58. The van der Waals surface area contributed by atoms with Gasteiger partial charge in [0.15, 0.2) is 0 Å². The summed E-state index contributed by atoms with van der Waals surface area (Å²) >= 11 is 0. The topological polar surface area (TPSA) is 78.0 Å². The quantitative estimate of drug-likeness (QED) is 0.769. The molecule has 1 aliphatic heterocycles. The Kier molecular flexibility index (Phi) is 6.28. The number of anilines is 1. The molecule has 8 heteroatoms. The van der Waals surface area contributed by atoms with Gasteiger partial charge in [-0.3, -0.25) is 13.9 Å². The zero-order valence-electron chi connectivity index (χ0n) is 15.8. The van der Waals surface area contributed by atoms with E-state index < -0.39 is 10.0 Å². The van der Waals surface area contributed by atoms with Gasteiger partial charge >= 0.3 is 0 Å². The summed E-state index contributed by atoms with van der Waals surface area (Å²) in [6, 6.07) is 7.25. The summed E-state index contributed by atoms with van der Waals surface area (Å²) in [7, 11) is -3.61. The minimum atomic E-state index is -3.61. The number of para-hydroxylation sites is 1. The van der Waals surface area contributed by atoms with E-state index in [-0.39, 0.29) is 24.3 Å². The number of piperazine rings is 1. The van der Waals surface area contributed by atoms with Crippen molar-refractivity contribution < 1.29 is 18.0 Å². The lowest BCUT2D eigenvalue weighted by Gasteiger charge is -2.35. The Morgan fingerprint density at radius 2 is 1.62 bits per heavy atom. The lowest BCUT2D eigenvalue weighted by molar-refractivity contribution is -0.137. The maximum absolute atomic E-state index is 12.7. The van der Waals surface area contributed by atoms with Crippen LogP contribution >= 0.6 is 0 Å². The normalized spacial score (nSPS) is 15.3. The highest BCUT2D eigenvalue weighted by Gasteiger charge is 2.28. The molecule has 1 aliphatic rings. The van der Waals surface area contributed by atoms with Gasteiger partial charge < -0.3 is 9.80 Å². The number of benzene rings is 1. The first-order valence-electron chi connectivity index (χ1n) is 8.71. The van der Waals surface area contributed by atoms with Crippen molar-refractivity contribution in [3.63, 3.8) is 0 Å². The molecular formula is C18H27N3O4S. The SMILES string of the molecule is CC(=O)N1CCN(C(=O)CN(c2ccccc2C(C)C)S(C)(=O)=O)CC1. The molecule has 7 nitrogen and oxygen atoms in total. The fourth-order valence-corrected chi connectivity index (χ4v) is 3.95. The first-order chi connectivity index (χ1) is 12.1. The van der Waals surface area contributed by atoms with Crippen molar-refractivity contribution in [3.8, 4) is 0 Å². The number of carbonyl (C=O) groups is 2. The largest absolute Gasteiger partial charge is 0.339 e. The van der Waals surface area contributed by atoms with Gasteiger partial charge in [-0.25, -0.2) is 8.42 Å². The Balaban J connectivity index is 2.20. The van der Waals surface area contributed by atoms with Crippen LogP contribution in [0.4, 0.5) is 5.69 Å². The second-order valence-electron chi connectivity index (χ2n) is 6.87. The maximum Gasteiger partial charge on any atom is 0.243 e. The molecule has 26 heavy (non-hydrogen) atoms. The van der Waals surface area contributed by atoms with Crippen LogP contribution in [0.5, 0.6) is 0 Å². The molecule has 0 atom stereocenters. The fourth-order valence-electron chi connectivity index (χ4n) is 3.08. The predicted octanol–water partition coefficient (Wildman–Crippen LogP) is 1.27. The zero-order chi connectivity index (χ0) is 19.5. The van der Waals surface area contributed by atoms with E-state index in [9.17, 15) is 18.0 Å². The molecule has 144 valence electrons. The average molecular weight is 381 g/mol. The van der Waals surface area contributed by atoms with Crippen LogP contribution in [0.1, 0.15) is 32.3 Å². The Hall–Kier alpha value is -2.09. The van der Waals surface area contributed by atoms with Crippen molar-refractivity contribution in [2.24, 2.45) is 0 Å². The van der Waals surface area contributed by atoms with Crippen molar-refractivity contribution in [2.45, 2.75) is 26.7 Å². The summed E-state index contributed by atoms with van der Waals surface area (Å²) in [6.45, 7) is 7.04. The molecule has 1 saturated heterocycles. The molecule has 0 aliphatic carbocycles.